The monoisotopic (exact) mass is 838 g/mol. The van der Waals surface area contributed by atoms with Gasteiger partial charge < -0.3 is 25.2 Å². The molecule has 0 aromatic heterocycles. The SMILES string of the molecule is CC.CC(=O)c1ccc(C(=O)O)cc1.CC(=O)c1ccc(C(C)(C)O)cc1.CC(C)(O)c1ccc(C(=O)CBr)cc1.CO.COC(=O)c1ccc(C(C)=O)cc1. The van der Waals surface area contributed by atoms with Gasteiger partial charge in [-0.1, -0.05) is 103 Å². The smallest absolute Gasteiger partial charge is 0.337 e. The highest BCUT2D eigenvalue weighted by Crippen LogP contribution is 2.21. The van der Waals surface area contributed by atoms with Gasteiger partial charge in [0.25, 0.3) is 0 Å². The van der Waals surface area contributed by atoms with E-state index in [4.69, 9.17) is 10.2 Å². The molecule has 0 aliphatic carbocycles. The van der Waals surface area contributed by atoms with Gasteiger partial charge in [0.15, 0.2) is 23.1 Å². The second-order valence-corrected chi connectivity index (χ2v) is 13.0. The highest BCUT2D eigenvalue weighted by molar-refractivity contribution is 9.09. The van der Waals surface area contributed by atoms with E-state index in [0.717, 1.165) is 18.2 Å². The minimum absolute atomic E-state index is 0.0172. The number of methoxy groups -OCH3 is 1. The highest BCUT2D eigenvalue weighted by Gasteiger charge is 2.16. The predicted molar refractivity (Wildman–Crippen MR) is 222 cm³/mol. The summed E-state index contributed by atoms with van der Waals surface area (Å²) in [6, 6.07) is 26.2. The molecule has 0 amide bonds. The molecule has 56 heavy (non-hydrogen) atoms. The second kappa shape index (κ2) is 26.6. The Hall–Kier alpha value is -5.14. The zero-order valence-corrected chi connectivity index (χ0v) is 35.6. The Morgan fingerprint density at radius 2 is 0.768 bits per heavy atom. The number of rotatable bonds is 9. The van der Waals surface area contributed by atoms with Crippen molar-refractivity contribution in [3.05, 3.63) is 142 Å². The summed E-state index contributed by atoms with van der Waals surface area (Å²) in [5.41, 5.74) is 3.04. The fourth-order valence-electron chi connectivity index (χ4n) is 4.06. The van der Waals surface area contributed by atoms with Crippen molar-refractivity contribution in [2.75, 3.05) is 19.5 Å². The van der Waals surface area contributed by atoms with Gasteiger partial charge in [0.2, 0.25) is 0 Å². The number of aliphatic hydroxyl groups excluding tert-OH is 1. The van der Waals surface area contributed by atoms with Crippen molar-refractivity contribution in [3.63, 3.8) is 0 Å². The van der Waals surface area contributed by atoms with Crippen LogP contribution in [0.4, 0.5) is 0 Å². The molecule has 0 heterocycles. The number of carboxylic acid groups (broad SMARTS) is 1. The second-order valence-electron chi connectivity index (χ2n) is 12.4. The molecule has 304 valence electrons. The number of carbonyl (C=O) groups excluding carboxylic acids is 5. The molecule has 4 N–H and O–H groups in total. The van der Waals surface area contributed by atoms with E-state index in [1.54, 1.807) is 100 Å². The van der Waals surface area contributed by atoms with Crippen molar-refractivity contribution in [2.45, 2.75) is 73.5 Å². The molecule has 0 aliphatic heterocycles. The number of benzene rings is 4. The fraction of sp³-hybridized carbons (Fsp3) is 0.318. The lowest BCUT2D eigenvalue weighted by molar-refractivity contribution is 0.0598. The van der Waals surface area contributed by atoms with Gasteiger partial charge in [-0.15, -0.1) is 0 Å². The molecular formula is C44H55BrO11. The van der Waals surface area contributed by atoms with Crippen LogP contribution in [-0.2, 0) is 15.9 Å². The third-order valence-electron chi connectivity index (χ3n) is 7.28. The van der Waals surface area contributed by atoms with Crippen LogP contribution in [0.3, 0.4) is 0 Å². The van der Waals surface area contributed by atoms with Crippen molar-refractivity contribution in [1.82, 2.24) is 0 Å². The van der Waals surface area contributed by atoms with Crippen LogP contribution in [0.5, 0.6) is 0 Å². The van der Waals surface area contributed by atoms with Crippen molar-refractivity contribution in [3.8, 4) is 0 Å². The third-order valence-corrected chi connectivity index (χ3v) is 7.79. The first kappa shape index (κ1) is 53.0. The summed E-state index contributed by atoms with van der Waals surface area (Å²) < 4.78 is 4.51. The van der Waals surface area contributed by atoms with Gasteiger partial charge in [-0.25, -0.2) is 9.59 Å². The molecule has 11 nitrogen and oxygen atoms in total. The van der Waals surface area contributed by atoms with Gasteiger partial charge in [0, 0.05) is 29.4 Å². The lowest BCUT2D eigenvalue weighted by atomic mass is 9.97. The molecule has 0 fully saturated rings. The number of carboxylic acids is 1. The first-order valence-electron chi connectivity index (χ1n) is 17.4. The fourth-order valence-corrected chi connectivity index (χ4v) is 4.38. The Morgan fingerprint density at radius 1 is 0.518 bits per heavy atom. The van der Waals surface area contributed by atoms with E-state index in [-0.39, 0.29) is 28.7 Å². The third kappa shape index (κ3) is 20.0. The molecule has 4 rings (SSSR count). The lowest BCUT2D eigenvalue weighted by Crippen LogP contribution is -2.15. The number of Topliss-reactive ketones (excluding diaryl/α,β-unsaturated/α-hetero) is 4. The average Bonchev–Trinajstić information content (AvgIpc) is 3.19. The lowest BCUT2D eigenvalue weighted by Gasteiger charge is -2.17. The van der Waals surface area contributed by atoms with Crippen LogP contribution < -0.4 is 0 Å². The summed E-state index contributed by atoms with van der Waals surface area (Å²) in [4.78, 5) is 65.3. The van der Waals surface area contributed by atoms with Crippen molar-refractivity contribution in [1.29, 1.82) is 0 Å². The molecule has 4 aromatic carbocycles. The molecule has 0 atom stereocenters. The number of alkyl halides is 1. The summed E-state index contributed by atoms with van der Waals surface area (Å²) in [5.74, 6) is -1.36. The van der Waals surface area contributed by atoms with Crippen LogP contribution >= 0.6 is 15.9 Å². The van der Waals surface area contributed by atoms with Crippen LogP contribution in [0, 0.1) is 0 Å². The molecule has 0 saturated heterocycles. The van der Waals surface area contributed by atoms with E-state index in [2.05, 4.69) is 20.7 Å². The summed E-state index contributed by atoms with van der Waals surface area (Å²) in [7, 11) is 2.32. The molecule has 4 aromatic rings. The Kier molecular flexibility index (Phi) is 25.2. The Morgan fingerprint density at radius 3 is 1.00 bits per heavy atom. The number of aromatic carboxylic acids is 1. The van der Waals surface area contributed by atoms with Gasteiger partial charge in [0.05, 0.1) is 34.8 Å². The maximum atomic E-state index is 11.3. The quantitative estimate of drug-likeness (QED) is 0.0718. The van der Waals surface area contributed by atoms with Crippen LogP contribution in [0.1, 0.15) is 136 Å². The van der Waals surface area contributed by atoms with E-state index in [9.17, 15) is 39.0 Å². The van der Waals surface area contributed by atoms with Crippen LogP contribution in [0.15, 0.2) is 97.1 Å². The van der Waals surface area contributed by atoms with Gasteiger partial charge in [-0.05, 0) is 83.9 Å². The van der Waals surface area contributed by atoms with E-state index in [0.29, 0.717) is 33.1 Å². The molecule has 0 aliphatic rings. The molecule has 0 saturated carbocycles. The minimum Gasteiger partial charge on any atom is -0.478 e. The largest absolute Gasteiger partial charge is 0.478 e. The van der Waals surface area contributed by atoms with Gasteiger partial charge >= 0.3 is 11.9 Å². The van der Waals surface area contributed by atoms with E-state index in [1.165, 1.54) is 52.1 Å². The highest BCUT2D eigenvalue weighted by atomic mass is 79.9. The summed E-state index contributed by atoms with van der Waals surface area (Å²) in [6.45, 7) is 15.3. The zero-order valence-electron chi connectivity index (χ0n) is 34.0. The molecule has 12 heteroatoms. The summed E-state index contributed by atoms with van der Waals surface area (Å²) in [6.07, 6.45) is 0. The molecule has 0 radical (unpaired) electrons. The Balaban J connectivity index is 0. The maximum absolute atomic E-state index is 11.3. The Bertz CT molecular complexity index is 1780. The number of hydrogen-bond acceptors (Lipinski definition) is 10. The van der Waals surface area contributed by atoms with E-state index in [1.807, 2.05) is 13.8 Å². The topological polar surface area (TPSA) is 193 Å². The number of hydrogen-bond donors (Lipinski definition) is 4. The normalized spacial score (nSPS) is 9.91. The molecular weight excluding hydrogens is 784 g/mol. The number of ketones is 4. The van der Waals surface area contributed by atoms with Crippen LogP contribution in [-0.4, -0.2) is 75.0 Å². The Labute approximate surface area is 338 Å². The first-order valence-corrected chi connectivity index (χ1v) is 18.5. The van der Waals surface area contributed by atoms with Crippen molar-refractivity contribution >= 4 is 51.0 Å². The van der Waals surface area contributed by atoms with Crippen molar-refractivity contribution in [2.24, 2.45) is 0 Å². The first-order chi connectivity index (χ1) is 26.1. The number of halogens is 1. The van der Waals surface area contributed by atoms with Crippen LogP contribution in [0.2, 0.25) is 0 Å². The van der Waals surface area contributed by atoms with Gasteiger partial charge in [0.1, 0.15) is 0 Å². The van der Waals surface area contributed by atoms with Crippen molar-refractivity contribution < 1.29 is 53.9 Å². The number of ether oxygens (including phenoxy) is 1. The average molecular weight is 840 g/mol. The molecule has 0 bridgehead atoms. The predicted octanol–water partition coefficient (Wildman–Crippen LogP) is 8.51. The number of aliphatic hydroxyl groups is 3. The number of esters is 1. The molecule has 0 spiro atoms. The number of carbonyl (C=O) groups is 6. The zero-order chi connectivity index (χ0) is 43.8. The van der Waals surface area contributed by atoms with Gasteiger partial charge in [-0.3, -0.25) is 19.2 Å². The maximum Gasteiger partial charge on any atom is 0.337 e. The van der Waals surface area contributed by atoms with E-state index < -0.39 is 23.1 Å². The van der Waals surface area contributed by atoms with E-state index >= 15 is 0 Å². The van der Waals surface area contributed by atoms with Gasteiger partial charge in [-0.2, -0.15) is 0 Å². The minimum atomic E-state index is -0.981. The summed E-state index contributed by atoms with van der Waals surface area (Å²) in [5, 5.41) is 35.2. The molecule has 0 unspecified atom stereocenters. The standard InChI is InChI=1S/C11H13BrO2.C11H14O2.C10H10O3.C9H8O3.C2H6.CH4O/c1-11(2,14)9-5-3-8(4-6-9)10(13)7-12;1-8(12)9-4-6-10(7-5-9)11(2,3)13;1-7(11)8-3-5-9(6-4-8)10(12)13-2;1-6(10)7-2-4-8(5-3-7)9(11)12;2*1-2/h3-6,14H,7H2,1-2H3;4-7,13H,1-3H3;3-6H,1-2H3;2-5H,1H3,(H,11,12);1-2H3;2H,1H3. The van der Waals surface area contributed by atoms with Crippen LogP contribution in [0.25, 0.3) is 0 Å². The summed E-state index contributed by atoms with van der Waals surface area (Å²) >= 11 is 3.11.